The summed E-state index contributed by atoms with van der Waals surface area (Å²) in [7, 11) is 0. The van der Waals surface area contributed by atoms with Gasteiger partial charge in [-0.3, -0.25) is 4.79 Å². The van der Waals surface area contributed by atoms with E-state index in [9.17, 15) is 9.18 Å². The molecule has 1 amide bonds. The second kappa shape index (κ2) is 6.82. The van der Waals surface area contributed by atoms with E-state index in [1.165, 1.54) is 12.1 Å². The fraction of sp³-hybridized carbons (Fsp3) is 0.238. The summed E-state index contributed by atoms with van der Waals surface area (Å²) < 4.78 is 15.4. The van der Waals surface area contributed by atoms with E-state index in [2.05, 4.69) is 5.10 Å². The maximum Gasteiger partial charge on any atom is 0.258 e. The van der Waals surface area contributed by atoms with Crippen LogP contribution in [0.25, 0.3) is 5.69 Å². The number of anilines is 1. The number of halogens is 2. The maximum absolute atomic E-state index is 13.7. The molecule has 2 aromatic carbocycles. The average Bonchev–Trinajstić information content (AvgIpc) is 2.94. The highest BCUT2D eigenvalue weighted by Gasteiger charge is 2.24. The molecule has 0 N–H and O–H groups in total. The molecule has 0 atom stereocenters. The Kier molecular flexibility index (Phi) is 4.48. The summed E-state index contributed by atoms with van der Waals surface area (Å²) in [6, 6.07) is 11.9. The molecule has 0 saturated heterocycles. The minimum absolute atomic E-state index is 0.125. The summed E-state index contributed by atoms with van der Waals surface area (Å²) in [6.45, 7) is 4.35. The standard InChI is InChI=1S/C21H19ClFN3O/c1-13-20(22)14(2)26(24-13)18-9-6-16(7-10-18)21(27)25-11-3-4-15-5-8-17(23)12-19(15)25/h5-10,12H,3-4,11H2,1-2H3. The highest BCUT2D eigenvalue weighted by atomic mass is 35.5. The zero-order chi connectivity index (χ0) is 19.1. The van der Waals surface area contributed by atoms with Gasteiger partial charge in [0.2, 0.25) is 0 Å². The van der Waals surface area contributed by atoms with Gasteiger partial charge in [0.05, 0.1) is 27.8 Å². The Labute approximate surface area is 162 Å². The minimum Gasteiger partial charge on any atom is -0.308 e. The van der Waals surface area contributed by atoms with Crippen molar-refractivity contribution < 1.29 is 9.18 Å². The topological polar surface area (TPSA) is 38.1 Å². The quantitative estimate of drug-likeness (QED) is 0.632. The molecule has 0 aliphatic carbocycles. The summed E-state index contributed by atoms with van der Waals surface area (Å²) in [6.07, 6.45) is 1.73. The van der Waals surface area contributed by atoms with E-state index in [1.54, 1.807) is 27.8 Å². The number of carbonyl (C=O) groups excluding carboxylic acids is 1. The van der Waals surface area contributed by atoms with Crippen LogP contribution < -0.4 is 4.90 Å². The van der Waals surface area contributed by atoms with E-state index in [-0.39, 0.29) is 11.7 Å². The Hall–Kier alpha value is -2.66. The van der Waals surface area contributed by atoms with Gasteiger partial charge in [0.15, 0.2) is 0 Å². The lowest BCUT2D eigenvalue weighted by molar-refractivity contribution is 0.0985. The number of hydrogen-bond donors (Lipinski definition) is 0. The molecule has 4 nitrogen and oxygen atoms in total. The number of nitrogens with zero attached hydrogens (tertiary/aromatic N) is 3. The van der Waals surface area contributed by atoms with Crippen molar-refractivity contribution in [3.05, 3.63) is 75.8 Å². The Morgan fingerprint density at radius 1 is 1.15 bits per heavy atom. The molecule has 0 radical (unpaired) electrons. The van der Waals surface area contributed by atoms with E-state index in [0.717, 1.165) is 35.5 Å². The van der Waals surface area contributed by atoms with Crippen molar-refractivity contribution in [2.45, 2.75) is 26.7 Å². The molecule has 138 valence electrons. The molecule has 0 saturated carbocycles. The predicted molar refractivity (Wildman–Crippen MR) is 104 cm³/mol. The summed E-state index contributed by atoms with van der Waals surface area (Å²) in [5.41, 5.74) is 4.69. The monoisotopic (exact) mass is 383 g/mol. The molecule has 1 aliphatic rings. The van der Waals surface area contributed by atoms with Crippen molar-refractivity contribution in [2.75, 3.05) is 11.4 Å². The molecule has 2 heterocycles. The van der Waals surface area contributed by atoms with E-state index >= 15 is 0 Å². The molecule has 1 aromatic heterocycles. The lowest BCUT2D eigenvalue weighted by Gasteiger charge is -2.29. The Balaban J connectivity index is 1.64. The third kappa shape index (κ3) is 3.12. The third-order valence-electron chi connectivity index (χ3n) is 4.97. The first kappa shape index (κ1) is 17.7. The number of hydrogen-bond acceptors (Lipinski definition) is 2. The molecule has 0 spiro atoms. The molecule has 4 rings (SSSR count). The second-order valence-electron chi connectivity index (χ2n) is 6.78. The Bertz CT molecular complexity index is 1030. The van der Waals surface area contributed by atoms with Crippen LogP contribution in [0, 0.1) is 19.7 Å². The van der Waals surface area contributed by atoms with Crippen molar-refractivity contribution in [1.82, 2.24) is 9.78 Å². The molecular weight excluding hydrogens is 365 g/mol. The second-order valence-corrected chi connectivity index (χ2v) is 7.15. The Morgan fingerprint density at radius 2 is 1.89 bits per heavy atom. The molecular formula is C21H19ClFN3O. The number of aryl methyl sites for hydroxylation is 2. The van der Waals surface area contributed by atoms with Crippen LogP contribution in [0.15, 0.2) is 42.5 Å². The lowest BCUT2D eigenvalue weighted by Crippen LogP contribution is -2.35. The van der Waals surface area contributed by atoms with Crippen molar-refractivity contribution in [1.29, 1.82) is 0 Å². The molecule has 1 aliphatic heterocycles. The van der Waals surface area contributed by atoms with Crippen LogP contribution in [-0.2, 0) is 6.42 Å². The van der Waals surface area contributed by atoms with Gasteiger partial charge in [-0.15, -0.1) is 0 Å². The fourth-order valence-corrected chi connectivity index (χ4v) is 3.65. The number of rotatable bonds is 2. The highest BCUT2D eigenvalue weighted by molar-refractivity contribution is 6.31. The number of fused-ring (bicyclic) bond motifs is 1. The van der Waals surface area contributed by atoms with Crippen LogP contribution >= 0.6 is 11.6 Å². The van der Waals surface area contributed by atoms with Crippen LogP contribution in [0.4, 0.5) is 10.1 Å². The number of benzene rings is 2. The van der Waals surface area contributed by atoms with Gasteiger partial charge >= 0.3 is 0 Å². The van der Waals surface area contributed by atoms with E-state index in [4.69, 9.17) is 11.6 Å². The van der Waals surface area contributed by atoms with Crippen LogP contribution in [0.1, 0.15) is 33.7 Å². The fourth-order valence-electron chi connectivity index (χ4n) is 3.53. The van der Waals surface area contributed by atoms with Gasteiger partial charge in [0, 0.05) is 12.1 Å². The zero-order valence-corrected chi connectivity index (χ0v) is 15.9. The van der Waals surface area contributed by atoms with Gasteiger partial charge < -0.3 is 4.90 Å². The largest absolute Gasteiger partial charge is 0.308 e. The summed E-state index contributed by atoms with van der Waals surface area (Å²) in [5, 5.41) is 5.07. The molecule has 27 heavy (non-hydrogen) atoms. The van der Waals surface area contributed by atoms with E-state index in [1.807, 2.05) is 26.0 Å². The van der Waals surface area contributed by atoms with Crippen molar-refractivity contribution in [2.24, 2.45) is 0 Å². The van der Waals surface area contributed by atoms with E-state index in [0.29, 0.717) is 22.8 Å². The van der Waals surface area contributed by atoms with Gasteiger partial charge in [-0.2, -0.15) is 5.10 Å². The van der Waals surface area contributed by atoms with Crippen molar-refractivity contribution in [3.63, 3.8) is 0 Å². The first-order valence-electron chi connectivity index (χ1n) is 8.88. The van der Waals surface area contributed by atoms with Crippen molar-refractivity contribution >= 4 is 23.2 Å². The van der Waals surface area contributed by atoms with Crippen LogP contribution in [-0.4, -0.2) is 22.2 Å². The Morgan fingerprint density at radius 3 is 2.56 bits per heavy atom. The zero-order valence-electron chi connectivity index (χ0n) is 15.2. The third-order valence-corrected chi connectivity index (χ3v) is 5.52. The minimum atomic E-state index is -0.329. The van der Waals surface area contributed by atoms with Crippen LogP contribution in [0.3, 0.4) is 0 Å². The summed E-state index contributed by atoms with van der Waals surface area (Å²) in [5.74, 6) is -0.454. The van der Waals surface area contributed by atoms with Crippen LogP contribution in [0.5, 0.6) is 0 Å². The van der Waals surface area contributed by atoms with Gasteiger partial charge in [-0.25, -0.2) is 9.07 Å². The van der Waals surface area contributed by atoms with Gasteiger partial charge in [0.1, 0.15) is 5.82 Å². The van der Waals surface area contributed by atoms with E-state index < -0.39 is 0 Å². The lowest BCUT2D eigenvalue weighted by atomic mass is 10.0. The maximum atomic E-state index is 13.7. The van der Waals surface area contributed by atoms with Crippen LogP contribution in [0.2, 0.25) is 5.02 Å². The van der Waals surface area contributed by atoms with Gasteiger partial charge in [-0.1, -0.05) is 17.7 Å². The predicted octanol–water partition coefficient (Wildman–Crippen LogP) is 4.87. The van der Waals surface area contributed by atoms with Crippen molar-refractivity contribution in [3.8, 4) is 5.69 Å². The molecule has 6 heteroatoms. The first-order chi connectivity index (χ1) is 13.0. The molecule has 0 unspecified atom stereocenters. The highest BCUT2D eigenvalue weighted by Crippen LogP contribution is 2.29. The number of amides is 1. The summed E-state index contributed by atoms with van der Waals surface area (Å²) in [4.78, 5) is 14.7. The van der Waals surface area contributed by atoms with Gasteiger partial charge in [0.25, 0.3) is 5.91 Å². The normalized spacial score (nSPS) is 13.6. The average molecular weight is 384 g/mol. The first-order valence-corrected chi connectivity index (χ1v) is 9.26. The molecule has 3 aromatic rings. The smallest absolute Gasteiger partial charge is 0.258 e. The molecule has 0 fully saturated rings. The SMILES string of the molecule is Cc1nn(-c2ccc(C(=O)N3CCCc4ccc(F)cc43)cc2)c(C)c1Cl. The summed E-state index contributed by atoms with van der Waals surface area (Å²) >= 11 is 6.22. The number of aromatic nitrogens is 2. The van der Waals surface area contributed by atoms with Gasteiger partial charge in [-0.05, 0) is 68.7 Å². The molecule has 0 bridgehead atoms. The number of carbonyl (C=O) groups is 1.